The summed E-state index contributed by atoms with van der Waals surface area (Å²) in [7, 11) is -1.50. The van der Waals surface area contributed by atoms with Gasteiger partial charge in [0.15, 0.2) is 5.58 Å². The van der Waals surface area contributed by atoms with Crippen molar-refractivity contribution < 1.29 is 26.0 Å². The number of oxazole rings is 1. The Hall–Kier alpha value is -3.41. The first-order valence-electron chi connectivity index (χ1n) is 15.6. The summed E-state index contributed by atoms with van der Waals surface area (Å²) in [6.45, 7) is 4.66. The van der Waals surface area contributed by atoms with Crippen molar-refractivity contribution in [1.82, 2.24) is 23.7 Å². The largest absolute Gasteiger partial charge is 0.419 e. The van der Waals surface area contributed by atoms with E-state index in [1.165, 1.54) is 10.6 Å². The quantitative estimate of drug-likeness (QED) is 0.267. The molecule has 2 saturated heterocycles. The standard InChI is InChI=1S/C30H37F3N8O4S2/c1-34-27-36-25(22-14-21(17-30(31,32)33)46-26(22)37-27)39-6-5-29(18-39)15-20(16-29)35-19-3-4-24-23(13-19)41(28(42)45-24)12-9-38-7-10-40(11-8-38)47(2,43)44/h3-4,13-14,20,35H,5-12,15-18H2,1-2H3,(H,34,36,37). The Morgan fingerprint density at radius 1 is 1.09 bits per heavy atom. The normalized spacial score (nSPS) is 22.8. The van der Waals surface area contributed by atoms with Gasteiger partial charge in [-0.3, -0.25) is 9.47 Å². The van der Waals surface area contributed by atoms with Crippen LogP contribution in [0.2, 0.25) is 0 Å². The number of halogens is 3. The fourth-order valence-corrected chi connectivity index (χ4v) is 9.14. The molecule has 1 aromatic carbocycles. The van der Waals surface area contributed by atoms with Gasteiger partial charge in [0.2, 0.25) is 16.0 Å². The number of benzene rings is 1. The molecule has 2 aliphatic heterocycles. The van der Waals surface area contributed by atoms with Gasteiger partial charge in [-0.25, -0.2) is 18.2 Å². The molecule has 7 rings (SSSR count). The molecule has 254 valence electrons. The number of thiophene rings is 1. The zero-order valence-corrected chi connectivity index (χ0v) is 27.8. The molecule has 4 aromatic rings. The van der Waals surface area contributed by atoms with Crippen molar-refractivity contribution in [3.63, 3.8) is 0 Å². The van der Waals surface area contributed by atoms with Crippen molar-refractivity contribution in [1.29, 1.82) is 0 Å². The van der Waals surface area contributed by atoms with Crippen LogP contribution in [0.4, 0.5) is 30.6 Å². The second kappa shape index (κ2) is 11.9. The maximum atomic E-state index is 13.1. The van der Waals surface area contributed by atoms with E-state index in [0.717, 1.165) is 49.4 Å². The minimum atomic E-state index is -4.29. The highest BCUT2D eigenvalue weighted by molar-refractivity contribution is 7.88. The molecule has 0 atom stereocenters. The van der Waals surface area contributed by atoms with Crippen molar-refractivity contribution in [3.8, 4) is 0 Å². The van der Waals surface area contributed by atoms with E-state index in [1.807, 2.05) is 12.1 Å². The fraction of sp³-hybridized carbons (Fsp3) is 0.567. The zero-order valence-electron chi connectivity index (χ0n) is 26.1. The molecule has 0 radical (unpaired) electrons. The summed E-state index contributed by atoms with van der Waals surface area (Å²) in [6, 6.07) is 7.49. The average molecular weight is 695 g/mol. The lowest BCUT2D eigenvalue weighted by molar-refractivity contribution is -0.126. The Labute approximate surface area is 273 Å². The number of alkyl halides is 3. The predicted octanol–water partition coefficient (Wildman–Crippen LogP) is 3.79. The molecule has 1 saturated carbocycles. The monoisotopic (exact) mass is 694 g/mol. The van der Waals surface area contributed by atoms with Crippen LogP contribution in [-0.2, 0) is 23.0 Å². The van der Waals surface area contributed by atoms with Crippen molar-refractivity contribution in [2.75, 3.05) is 74.7 Å². The Morgan fingerprint density at radius 3 is 2.55 bits per heavy atom. The molecular weight excluding hydrogens is 658 g/mol. The predicted molar refractivity (Wildman–Crippen MR) is 176 cm³/mol. The molecule has 3 aromatic heterocycles. The lowest BCUT2D eigenvalue weighted by atomic mass is 9.65. The van der Waals surface area contributed by atoms with Gasteiger partial charge in [-0.1, -0.05) is 0 Å². The Balaban J connectivity index is 0.991. The number of hydrogen-bond acceptors (Lipinski definition) is 11. The number of piperazine rings is 1. The van der Waals surface area contributed by atoms with Gasteiger partial charge in [0, 0.05) is 76.0 Å². The summed E-state index contributed by atoms with van der Waals surface area (Å²) in [4.78, 5) is 26.9. The highest BCUT2D eigenvalue weighted by atomic mass is 32.2. The molecule has 47 heavy (non-hydrogen) atoms. The topological polar surface area (TPSA) is 129 Å². The number of anilines is 3. The first kappa shape index (κ1) is 32.2. The molecular formula is C30H37F3N8O4S2. The molecule has 2 N–H and O–H groups in total. The van der Waals surface area contributed by atoms with Gasteiger partial charge < -0.3 is 20.0 Å². The van der Waals surface area contributed by atoms with Gasteiger partial charge >= 0.3 is 11.9 Å². The Bertz CT molecular complexity index is 1960. The van der Waals surface area contributed by atoms with Crippen LogP contribution in [0.25, 0.3) is 21.3 Å². The number of fused-ring (bicyclic) bond motifs is 2. The summed E-state index contributed by atoms with van der Waals surface area (Å²) in [6.07, 6.45) is -1.20. The third kappa shape index (κ3) is 6.67. The third-order valence-corrected chi connectivity index (χ3v) is 11.9. The van der Waals surface area contributed by atoms with Crippen LogP contribution in [0.1, 0.15) is 24.1 Å². The van der Waals surface area contributed by atoms with Gasteiger partial charge in [-0.2, -0.15) is 22.5 Å². The maximum absolute atomic E-state index is 13.1. The summed E-state index contributed by atoms with van der Waals surface area (Å²) in [5.74, 6) is 0.652. The van der Waals surface area contributed by atoms with Crippen molar-refractivity contribution in [3.05, 3.63) is 39.7 Å². The summed E-state index contributed by atoms with van der Waals surface area (Å²) < 4.78 is 71.6. The Kier molecular flexibility index (Phi) is 8.16. The molecule has 17 heteroatoms. The molecule has 3 aliphatic rings. The highest BCUT2D eigenvalue weighted by Crippen LogP contribution is 2.51. The summed E-state index contributed by atoms with van der Waals surface area (Å²) in [5.41, 5.74) is 2.21. The second-order valence-corrected chi connectivity index (χ2v) is 16.1. The van der Waals surface area contributed by atoms with Gasteiger partial charge in [-0.15, -0.1) is 11.3 Å². The number of rotatable bonds is 9. The van der Waals surface area contributed by atoms with Crippen LogP contribution >= 0.6 is 11.3 Å². The lowest BCUT2D eigenvalue weighted by Gasteiger charge is -2.46. The number of nitrogens with one attached hydrogen (secondary N) is 2. The zero-order chi connectivity index (χ0) is 33.1. The first-order valence-corrected chi connectivity index (χ1v) is 18.3. The molecule has 0 amide bonds. The fourth-order valence-electron chi connectivity index (χ4n) is 7.26. The van der Waals surface area contributed by atoms with Gasteiger partial charge in [-0.05, 0) is 48.9 Å². The van der Waals surface area contributed by atoms with Crippen LogP contribution in [-0.4, -0.2) is 103 Å². The van der Waals surface area contributed by atoms with Crippen molar-refractivity contribution in [2.45, 2.75) is 44.4 Å². The number of aromatic nitrogens is 3. The number of sulfonamides is 1. The van der Waals surface area contributed by atoms with Gasteiger partial charge in [0.1, 0.15) is 10.6 Å². The van der Waals surface area contributed by atoms with Crippen molar-refractivity contribution >= 4 is 60.1 Å². The smallest absolute Gasteiger partial charge is 0.408 e. The molecule has 12 nitrogen and oxygen atoms in total. The minimum Gasteiger partial charge on any atom is -0.408 e. The lowest BCUT2D eigenvalue weighted by Crippen LogP contribution is -2.49. The van der Waals surface area contributed by atoms with E-state index in [2.05, 4.69) is 30.4 Å². The van der Waals surface area contributed by atoms with Gasteiger partial charge in [0.25, 0.3) is 0 Å². The Morgan fingerprint density at radius 2 is 1.85 bits per heavy atom. The van der Waals surface area contributed by atoms with Crippen molar-refractivity contribution in [2.24, 2.45) is 5.41 Å². The summed E-state index contributed by atoms with van der Waals surface area (Å²) in [5, 5.41) is 7.23. The maximum Gasteiger partial charge on any atom is 0.419 e. The van der Waals surface area contributed by atoms with Gasteiger partial charge in [0.05, 0.1) is 23.6 Å². The molecule has 5 heterocycles. The number of nitrogens with zero attached hydrogens (tertiary/aromatic N) is 6. The molecule has 1 aliphatic carbocycles. The van der Waals surface area contributed by atoms with Crippen LogP contribution in [0.15, 0.2) is 33.5 Å². The van der Waals surface area contributed by atoms with Crippen LogP contribution in [0.3, 0.4) is 0 Å². The first-order chi connectivity index (χ1) is 22.3. The third-order valence-electron chi connectivity index (χ3n) is 9.60. The average Bonchev–Trinajstić information content (AvgIpc) is 3.69. The van der Waals surface area contributed by atoms with Crippen LogP contribution < -0.4 is 21.3 Å². The van der Waals surface area contributed by atoms with E-state index in [4.69, 9.17) is 4.42 Å². The molecule has 3 fully saturated rings. The van der Waals surface area contributed by atoms with E-state index in [-0.39, 0.29) is 16.3 Å². The highest BCUT2D eigenvalue weighted by Gasteiger charge is 2.49. The van der Waals surface area contributed by atoms with Crippen LogP contribution in [0.5, 0.6) is 0 Å². The van der Waals surface area contributed by atoms with E-state index in [9.17, 15) is 26.4 Å². The number of hydrogen-bond donors (Lipinski definition) is 2. The van der Waals surface area contributed by atoms with E-state index >= 15 is 0 Å². The molecule has 0 unspecified atom stereocenters. The van der Waals surface area contributed by atoms with E-state index < -0.39 is 28.4 Å². The molecule has 0 bridgehead atoms. The van der Waals surface area contributed by atoms with E-state index in [1.54, 1.807) is 23.7 Å². The summed E-state index contributed by atoms with van der Waals surface area (Å²) >= 11 is 1.06. The van der Waals surface area contributed by atoms with Crippen LogP contribution in [0, 0.1) is 5.41 Å². The second-order valence-electron chi connectivity index (χ2n) is 13.0. The minimum absolute atomic E-state index is 0.0859. The van der Waals surface area contributed by atoms with E-state index in [0.29, 0.717) is 72.4 Å². The SMILES string of the molecule is CNc1nc(N2CCC3(CC(Nc4ccc5oc(=O)n(CCN6CCN(S(C)(=O)=O)CC6)c5c4)C3)C2)c2cc(CC(F)(F)F)sc2n1. The molecule has 1 spiro atoms.